The van der Waals surface area contributed by atoms with Crippen molar-refractivity contribution in [2.45, 2.75) is 26.2 Å². The summed E-state index contributed by atoms with van der Waals surface area (Å²) < 4.78 is 0. The van der Waals surface area contributed by atoms with E-state index < -0.39 is 0 Å². The van der Waals surface area contributed by atoms with Crippen molar-refractivity contribution >= 4 is 5.82 Å². The molecule has 5 heteroatoms. The fraction of sp³-hybridized carbons (Fsp3) is 0.727. The van der Waals surface area contributed by atoms with Crippen LogP contribution in [-0.4, -0.2) is 41.4 Å². The minimum Gasteiger partial charge on any atom is -0.353 e. The van der Waals surface area contributed by atoms with E-state index in [2.05, 4.69) is 46.2 Å². The first kappa shape index (κ1) is 11.3. The Balaban J connectivity index is 2.21. The highest BCUT2D eigenvalue weighted by atomic mass is 15.3. The predicted molar refractivity (Wildman–Crippen MR) is 63.6 cm³/mol. The summed E-state index contributed by atoms with van der Waals surface area (Å²) >= 11 is 0. The van der Waals surface area contributed by atoms with Crippen LogP contribution in [0.3, 0.4) is 0 Å². The van der Waals surface area contributed by atoms with Gasteiger partial charge in [-0.3, -0.25) is 0 Å². The van der Waals surface area contributed by atoms with Gasteiger partial charge in [-0.05, 0) is 0 Å². The standard InChI is InChI=1S/C11H19N5/c1-11(2,3)10-14-9(8-13-15-10)16-6-4-12-5-7-16/h8,12H,4-7H2,1-3H3. The number of nitrogens with zero attached hydrogens (tertiary/aromatic N) is 4. The Hall–Kier alpha value is -1.23. The number of hydrogen-bond donors (Lipinski definition) is 1. The Labute approximate surface area is 96.3 Å². The van der Waals surface area contributed by atoms with Crippen LogP contribution < -0.4 is 10.2 Å². The smallest absolute Gasteiger partial charge is 0.158 e. The summed E-state index contributed by atoms with van der Waals surface area (Å²) in [7, 11) is 0. The third-order valence-electron chi connectivity index (χ3n) is 2.66. The molecule has 0 aliphatic carbocycles. The van der Waals surface area contributed by atoms with Gasteiger partial charge in [-0.15, -0.1) is 5.10 Å². The molecular formula is C11H19N5. The maximum absolute atomic E-state index is 4.59. The minimum absolute atomic E-state index is 0.0446. The van der Waals surface area contributed by atoms with Crippen LogP contribution in [0.25, 0.3) is 0 Å². The van der Waals surface area contributed by atoms with E-state index in [1.165, 1.54) is 0 Å². The van der Waals surface area contributed by atoms with Crippen molar-refractivity contribution in [3.05, 3.63) is 12.0 Å². The van der Waals surface area contributed by atoms with Gasteiger partial charge in [-0.1, -0.05) is 20.8 Å². The van der Waals surface area contributed by atoms with E-state index in [0.29, 0.717) is 0 Å². The Morgan fingerprint density at radius 2 is 1.94 bits per heavy atom. The molecule has 1 aliphatic heterocycles. The van der Waals surface area contributed by atoms with Gasteiger partial charge >= 0.3 is 0 Å². The van der Waals surface area contributed by atoms with E-state index in [0.717, 1.165) is 37.8 Å². The second kappa shape index (κ2) is 4.33. The number of anilines is 1. The molecule has 0 atom stereocenters. The maximum atomic E-state index is 4.59. The molecule has 5 nitrogen and oxygen atoms in total. The van der Waals surface area contributed by atoms with Crippen molar-refractivity contribution < 1.29 is 0 Å². The molecule has 0 unspecified atom stereocenters. The van der Waals surface area contributed by atoms with Crippen molar-refractivity contribution in [2.75, 3.05) is 31.1 Å². The lowest BCUT2D eigenvalue weighted by Crippen LogP contribution is -2.44. The van der Waals surface area contributed by atoms with Crippen LogP contribution in [0.5, 0.6) is 0 Å². The maximum Gasteiger partial charge on any atom is 0.158 e. The third kappa shape index (κ3) is 2.47. The minimum atomic E-state index is -0.0446. The molecule has 1 aromatic heterocycles. The highest BCUT2D eigenvalue weighted by molar-refractivity contribution is 5.36. The van der Waals surface area contributed by atoms with Crippen molar-refractivity contribution in [3.8, 4) is 0 Å². The van der Waals surface area contributed by atoms with E-state index >= 15 is 0 Å². The SMILES string of the molecule is CC(C)(C)c1nncc(N2CCNCC2)n1. The predicted octanol–water partition coefficient (Wildman–Crippen LogP) is 0.579. The molecule has 0 radical (unpaired) electrons. The van der Waals surface area contributed by atoms with E-state index in [9.17, 15) is 0 Å². The topological polar surface area (TPSA) is 53.9 Å². The first-order valence-corrected chi connectivity index (χ1v) is 5.73. The summed E-state index contributed by atoms with van der Waals surface area (Å²) in [6.07, 6.45) is 1.75. The molecule has 0 amide bonds. The summed E-state index contributed by atoms with van der Waals surface area (Å²) in [5.74, 6) is 1.75. The van der Waals surface area contributed by atoms with Crippen molar-refractivity contribution in [3.63, 3.8) is 0 Å². The number of aromatic nitrogens is 3. The lowest BCUT2D eigenvalue weighted by Gasteiger charge is -2.28. The number of nitrogens with one attached hydrogen (secondary N) is 1. The molecule has 0 aromatic carbocycles. The quantitative estimate of drug-likeness (QED) is 0.751. The molecule has 2 heterocycles. The number of piperazine rings is 1. The van der Waals surface area contributed by atoms with E-state index in [1.54, 1.807) is 6.20 Å². The molecule has 1 N–H and O–H groups in total. The zero-order valence-electron chi connectivity index (χ0n) is 10.2. The average molecular weight is 221 g/mol. The van der Waals surface area contributed by atoms with Gasteiger partial charge in [0.05, 0.1) is 6.20 Å². The molecule has 2 rings (SSSR count). The van der Waals surface area contributed by atoms with Gasteiger partial charge in [0.25, 0.3) is 0 Å². The van der Waals surface area contributed by atoms with Crippen LogP contribution in [-0.2, 0) is 5.41 Å². The molecule has 1 aliphatic rings. The van der Waals surface area contributed by atoms with Gasteiger partial charge in [0.1, 0.15) is 0 Å². The summed E-state index contributed by atoms with van der Waals surface area (Å²) in [5.41, 5.74) is -0.0446. The first-order chi connectivity index (χ1) is 7.57. The van der Waals surface area contributed by atoms with Gasteiger partial charge in [-0.25, -0.2) is 4.98 Å². The molecule has 0 saturated carbocycles. The van der Waals surface area contributed by atoms with Crippen molar-refractivity contribution in [1.29, 1.82) is 0 Å². The molecule has 88 valence electrons. The monoisotopic (exact) mass is 221 g/mol. The fourth-order valence-corrected chi connectivity index (χ4v) is 1.66. The van der Waals surface area contributed by atoms with Crippen LogP contribution >= 0.6 is 0 Å². The van der Waals surface area contributed by atoms with Crippen LogP contribution in [0.4, 0.5) is 5.82 Å². The normalized spacial score (nSPS) is 17.6. The Morgan fingerprint density at radius 1 is 1.25 bits per heavy atom. The molecule has 1 aromatic rings. The van der Waals surface area contributed by atoms with Crippen LogP contribution in [0.1, 0.15) is 26.6 Å². The Kier molecular flexibility index (Phi) is 3.05. The average Bonchev–Trinajstić information content (AvgIpc) is 2.29. The largest absolute Gasteiger partial charge is 0.353 e. The highest BCUT2D eigenvalue weighted by Gasteiger charge is 2.20. The Bertz CT molecular complexity index is 352. The molecule has 1 fully saturated rings. The summed E-state index contributed by atoms with van der Waals surface area (Å²) in [5, 5.41) is 11.5. The number of hydrogen-bond acceptors (Lipinski definition) is 5. The zero-order valence-corrected chi connectivity index (χ0v) is 10.2. The summed E-state index contributed by atoms with van der Waals surface area (Å²) in [6.45, 7) is 10.3. The lowest BCUT2D eigenvalue weighted by molar-refractivity contribution is 0.526. The zero-order chi connectivity index (χ0) is 11.6. The fourth-order valence-electron chi connectivity index (χ4n) is 1.66. The van der Waals surface area contributed by atoms with E-state index in [1.807, 2.05) is 0 Å². The Morgan fingerprint density at radius 3 is 2.56 bits per heavy atom. The molecule has 1 saturated heterocycles. The van der Waals surface area contributed by atoms with Gasteiger partial charge in [0.2, 0.25) is 0 Å². The van der Waals surface area contributed by atoms with Gasteiger partial charge in [0.15, 0.2) is 11.6 Å². The van der Waals surface area contributed by atoms with Crippen LogP contribution in [0.2, 0.25) is 0 Å². The van der Waals surface area contributed by atoms with E-state index in [-0.39, 0.29) is 5.41 Å². The second-order valence-electron chi connectivity index (χ2n) is 5.13. The van der Waals surface area contributed by atoms with Crippen molar-refractivity contribution in [2.24, 2.45) is 0 Å². The molecule has 0 bridgehead atoms. The van der Waals surface area contributed by atoms with Crippen LogP contribution in [0, 0.1) is 0 Å². The van der Waals surface area contributed by atoms with Crippen LogP contribution in [0.15, 0.2) is 6.20 Å². The number of rotatable bonds is 1. The first-order valence-electron chi connectivity index (χ1n) is 5.73. The van der Waals surface area contributed by atoms with Crippen molar-refractivity contribution in [1.82, 2.24) is 20.5 Å². The third-order valence-corrected chi connectivity index (χ3v) is 2.66. The summed E-state index contributed by atoms with van der Waals surface area (Å²) in [4.78, 5) is 6.84. The van der Waals surface area contributed by atoms with Gasteiger partial charge < -0.3 is 10.2 Å². The van der Waals surface area contributed by atoms with Gasteiger partial charge in [-0.2, -0.15) is 5.10 Å². The highest BCUT2D eigenvalue weighted by Crippen LogP contribution is 2.19. The van der Waals surface area contributed by atoms with Gasteiger partial charge in [0, 0.05) is 31.6 Å². The molecular weight excluding hydrogens is 202 g/mol. The molecule has 0 spiro atoms. The summed E-state index contributed by atoms with van der Waals surface area (Å²) in [6, 6.07) is 0. The second-order valence-corrected chi connectivity index (χ2v) is 5.13. The molecule has 16 heavy (non-hydrogen) atoms. The lowest BCUT2D eigenvalue weighted by atomic mass is 9.96. The van der Waals surface area contributed by atoms with E-state index in [4.69, 9.17) is 0 Å².